The minimum atomic E-state index is -0.0933. The van der Waals surface area contributed by atoms with Gasteiger partial charge in [-0.1, -0.05) is 25.4 Å². The van der Waals surface area contributed by atoms with Crippen LogP contribution in [-0.4, -0.2) is 22.3 Å². The Morgan fingerprint density at radius 1 is 1.65 bits per heavy atom. The quantitative estimate of drug-likeness (QED) is 0.779. The van der Waals surface area contributed by atoms with E-state index in [0.717, 1.165) is 25.3 Å². The van der Waals surface area contributed by atoms with Crippen molar-refractivity contribution < 1.29 is 4.74 Å². The van der Waals surface area contributed by atoms with Crippen LogP contribution in [0.2, 0.25) is 5.15 Å². The molecule has 0 amide bonds. The van der Waals surface area contributed by atoms with Gasteiger partial charge in [-0.05, 0) is 12.8 Å². The van der Waals surface area contributed by atoms with Gasteiger partial charge in [0.1, 0.15) is 11.0 Å². The van der Waals surface area contributed by atoms with Gasteiger partial charge >= 0.3 is 0 Å². The Bertz CT molecular complexity index is 450. The van der Waals surface area contributed by atoms with E-state index in [0.29, 0.717) is 6.54 Å². The summed E-state index contributed by atoms with van der Waals surface area (Å²) < 4.78 is 7.24. The van der Waals surface area contributed by atoms with E-state index < -0.39 is 0 Å². The molecule has 94 valence electrons. The molecule has 0 spiro atoms. The molecule has 0 aliphatic carbocycles. The lowest BCUT2D eigenvalue weighted by atomic mass is 10.2. The predicted molar refractivity (Wildman–Crippen MR) is 66.6 cm³/mol. The third-order valence-corrected chi connectivity index (χ3v) is 3.13. The topological polar surface area (TPSA) is 44.1 Å². The van der Waals surface area contributed by atoms with Gasteiger partial charge in [-0.25, -0.2) is 4.98 Å². The van der Waals surface area contributed by atoms with E-state index in [-0.39, 0.29) is 22.7 Å². The molecule has 0 bridgehead atoms. The van der Waals surface area contributed by atoms with Crippen molar-refractivity contribution in [1.29, 1.82) is 0 Å². The van der Waals surface area contributed by atoms with Crippen LogP contribution in [0.1, 0.15) is 38.4 Å². The smallest absolute Gasteiger partial charge is 0.255 e. The first-order valence-corrected chi connectivity index (χ1v) is 6.34. The van der Waals surface area contributed by atoms with Crippen molar-refractivity contribution in [3.63, 3.8) is 0 Å². The highest BCUT2D eigenvalue weighted by atomic mass is 35.5. The van der Waals surface area contributed by atoms with Crippen LogP contribution in [0.15, 0.2) is 10.9 Å². The number of hydrogen-bond acceptors (Lipinski definition) is 3. The second-order valence-corrected chi connectivity index (χ2v) is 5.06. The molecule has 1 atom stereocenters. The van der Waals surface area contributed by atoms with Gasteiger partial charge < -0.3 is 4.74 Å². The van der Waals surface area contributed by atoms with Crippen LogP contribution >= 0.6 is 11.6 Å². The Labute approximate surface area is 106 Å². The van der Waals surface area contributed by atoms with Gasteiger partial charge in [0.15, 0.2) is 0 Å². The molecular weight excluding hydrogens is 240 g/mol. The average Bonchev–Trinajstić information content (AvgIpc) is 2.74. The van der Waals surface area contributed by atoms with E-state index >= 15 is 0 Å². The molecule has 1 saturated heterocycles. The summed E-state index contributed by atoms with van der Waals surface area (Å²) in [5.74, 6) is 0.904. The molecule has 4 nitrogen and oxygen atoms in total. The maximum absolute atomic E-state index is 11.9. The summed E-state index contributed by atoms with van der Waals surface area (Å²) in [7, 11) is 0. The van der Waals surface area contributed by atoms with Crippen molar-refractivity contribution in [2.45, 2.75) is 45.3 Å². The number of hydrogen-bond donors (Lipinski definition) is 0. The summed E-state index contributed by atoms with van der Waals surface area (Å²) in [6.45, 7) is 5.38. The van der Waals surface area contributed by atoms with Crippen LogP contribution in [0, 0.1) is 0 Å². The molecule has 1 aliphatic heterocycles. The number of aromatic nitrogens is 2. The summed E-state index contributed by atoms with van der Waals surface area (Å²) in [6.07, 6.45) is 2.21. The van der Waals surface area contributed by atoms with Gasteiger partial charge in [0.25, 0.3) is 5.56 Å². The molecule has 0 saturated carbocycles. The van der Waals surface area contributed by atoms with Gasteiger partial charge in [-0.3, -0.25) is 9.36 Å². The van der Waals surface area contributed by atoms with E-state index in [9.17, 15) is 4.79 Å². The lowest BCUT2D eigenvalue weighted by molar-refractivity contribution is 0.0948. The van der Waals surface area contributed by atoms with Crippen LogP contribution in [-0.2, 0) is 11.3 Å². The highest BCUT2D eigenvalue weighted by Gasteiger charge is 2.19. The molecular formula is C12H17ClN2O2. The van der Waals surface area contributed by atoms with Gasteiger partial charge in [-0.15, -0.1) is 0 Å². The molecule has 17 heavy (non-hydrogen) atoms. The van der Waals surface area contributed by atoms with Crippen molar-refractivity contribution in [3.05, 3.63) is 27.4 Å². The van der Waals surface area contributed by atoms with Crippen molar-refractivity contribution in [3.8, 4) is 0 Å². The SMILES string of the molecule is CC(C)c1nc(Cl)cc(=O)n1CC1CCCO1. The summed E-state index contributed by atoms with van der Waals surface area (Å²) in [5, 5.41) is 0.266. The highest BCUT2D eigenvalue weighted by Crippen LogP contribution is 2.17. The zero-order valence-electron chi connectivity index (χ0n) is 10.1. The Morgan fingerprint density at radius 3 is 3.00 bits per heavy atom. The average molecular weight is 257 g/mol. The first kappa shape index (κ1) is 12.6. The number of nitrogens with zero attached hydrogens (tertiary/aromatic N) is 2. The van der Waals surface area contributed by atoms with Gasteiger partial charge in [0.05, 0.1) is 12.6 Å². The van der Waals surface area contributed by atoms with Gasteiger partial charge in [-0.2, -0.15) is 0 Å². The molecule has 1 aliphatic rings. The standard InChI is InChI=1S/C12H17ClN2O2/c1-8(2)12-14-10(13)6-11(16)15(12)7-9-4-3-5-17-9/h6,8-9H,3-5,7H2,1-2H3. The third kappa shape index (κ3) is 2.87. The number of rotatable bonds is 3. The van der Waals surface area contributed by atoms with Crippen LogP contribution < -0.4 is 5.56 Å². The molecule has 0 aromatic carbocycles. The second kappa shape index (κ2) is 5.19. The summed E-state index contributed by atoms with van der Waals surface area (Å²) in [4.78, 5) is 16.2. The minimum Gasteiger partial charge on any atom is -0.376 e. The molecule has 0 radical (unpaired) electrons. The number of halogens is 1. The van der Waals surface area contributed by atoms with Crippen LogP contribution in [0.25, 0.3) is 0 Å². The first-order chi connectivity index (χ1) is 8.08. The van der Waals surface area contributed by atoms with Crippen molar-refractivity contribution in [2.24, 2.45) is 0 Å². The fourth-order valence-electron chi connectivity index (χ4n) is 2.11. The molecule has 2 rings (SSSR count). The zero-order chi connectivity index (χ0) is 12.4. The fourth-order valence-corrected chi connectivity index (χ4v) is 2.29. The Hall–Kier alpha value is -0.870. The Morgan fingerprint density at radius 2 is 2.41 bits per heavy atom. The van der Waals surface area contributed by atoms with Crippen molar-refractivity contribution in [1.82, 2.24) is 9.55 Å². The lowest BCUT2D eigenvalue weighted by Gasteiger charge is -2.17. The Kier molecular flexibility index (Phi) is 3.84. The second-order valence-electron chi connectivity index (χ2n) is 4.68. The molecule has 1 aromatic rings. The molecule has 1 aromatic heterocycles. The summed E-state index contributed by atoms with van der Waals surface area (Å²) in [5.41, 5.74) is -0.0933. The van der Waals surface area contributed by atoms with Crippen molar-refractivity contribution in [2.75, 3.05) is 6.61 Å². The predicted octanol–water partition coefficient (Wildman–Crippen LogP) is 2.20. The fraction of sp³-hybridized carbons (Fsp3) is 0.667. The minimum absolute atomic E-state index is 0.0933. The molecule has 2 heterocycles. The zero-order valence-corrected chi connectivity index (χ0v) is 10.9. The maximum atomic E-state index is 11.9. The molecule has 1 fully saturated rings. The molecule has 0 N–H and O–H groups in total. The first-order valence-electron chi connectivity index (χ1n) is 5.97. The van der Waals surface area contributed by atoms with Gasteiger partial charge in [0, 0.05) is 18.6 Å². The van der Waals surface area contributed by atoms with E-state index in [1.54, 1.807) is 4.57 Å². The van der Waals surface area contributed by atoms with E-state index in [1.165, 1.54) is 6.07 Å². The van der Waals surface area contributed by atoms with E-state index in [1.807, 2.05) is 13.8 Å². The van der Waals surface area contributed by atoms with Crippen molar-refractivity contribution >= 4 is 11.6 Å². The highest BCUT2D eigenvalue weighted by molar-refractivity contribution is 6.29. The molecule has 5 heteroatoms. The van der Waals surface area contributed by atoms with Crippen LogP contribution in [0.4, 0.5) is 0 Å². The monoisotopic (exact) mass is 256 g/mol. The number of ether oxygens (including phenoxy) is 1. The van der Waals surface area contributed by atoms with E-state index in [4.69, 9.17) is 16.3 Å². The summed E-state index contributed by atoms with van der Waals surface area (Å²) in [6, 6.07) is 1.36. The van der Waals surface area contributed by atoms with Crippen LogP contribution in [0.3, 0.4) is 0 Å². The Balaban J connectivity index is 2.33. The normalized spacial score (nSPS) is 20.1. The van der Waals surface area contributed by atoms with E-state index in [2.05, 4.69) is 4.98 Å². The van der Waals surface area contributed by atoms with Crippen LogP contribution in [0.5, 0.6) is 0 Å². The molecule has 1 unspecified atom stereocenters. The lowest BCUT2D eigenvalue weighted by Crippen LogP contribution is -2.30. The largest absolute Gasteiger partial charge is 0.376 e. The third-order valence-electron chi connectivity index (χ3n) is 2.93. The van der Waals surface area contributed by atoms with Gasteiger partial charge in [0.2, 0.25) is 0 Å². The summed E-state index contributed by atoms with van der Waals surface area (Å²) >= 11 is 5.83. The maximum Gasteiger partial charge on any atom is 0.255 e.